The van der Waals surface area contributed by atoms with Crippen LogP contribution in [0.25, 0.3) is 0 Å². The molecule has 0 aliphatic rings. The highest BCUT2D eigenvalue weighted by molar-refractivity contribution is 5.62. The van der Waals surface area contributed by atoms with Crippen LogP contribution in [0.5, 0.6) is 23.0 Å². The smallest absolute Gasteiger partial charge is 0.299 e. The first-order valence-corrected chi connectivity index (χ1v) is 6.48. The maximum atomic E-state index is 10.6. The second-order valence-corrected chi connectivity index (χ2v) is 4.25. The van der Waals surface area contributed by atoms with Gasteiger partial charge in [-0.3, -0.25) is 14.5 Å². The van der Waals surface area contributed by atoms with Crippen LogP contribution in [0.3, 0.4) is 0 Å². The lowest BCUT2D eigenvalue weighted by Crippen LogP contribution is -2.13. The lowest BCUT2D eigenvalue weighted by atomic mass is 10.3. The molecule has 0 spiro atoms. The van der Waals surface area contributed by atoms with Crippen molar-refractivity contribution in [1.29, 1.82) is 0 Å². The molecule has 26 heavy (non-hydrogen) atoms. The van der Waals surface area contributed by atoms with Crippen LogP contribution in [-0.4, -0.2) is 15.3 Å². The maximum Gasteiger partial charge on any atom is 0.299 e. The Morgan fingerprint density at radius 1 is 0.731 bits per heavy atom. The molecular weight excluding hydrogens is 360 g/mol. The highest BCUT2D eigenvalue weighted by atomic mass is 17.0. The average molecular weight is 368 g/mol. The second kappa shape index (κ2) is 7.95. The van der Waals surface area contributed by atoms with Crippen LogP contribution in [0.2, 0.25) is 0 Å². The first-order valence-electron chi connectivity index (χ1n) is 6.48. The molecule has 0 unspecified atom stereocenters. The molecule has 14 heteroatoms. The molecule has 0 aliphatic carbocycles. The van der Waals surface area contributed by atoms with E-state index >= 15 is 0 Å². The second-order valence-electron chi connectivity index (χ2n) is 4.25. The van der Waals surface area contributed by atoms with E-state index in [0.29, 0.717) is 0 Å². The van der Waals surface area contributed by atoms with Crippen LogP contribution < -0.4 is 24.8 Å². The van der Waals surface area contributed by atoms with Crippen LogP contribution >= 0.6 is 0 Å². The van der Waals surface area contributed by atoms with E-state index in [4.69, 9.17) is 4.84 Å². The number of benzene rings is 2. The number of hydrogen-bond donors (Lipinski definition) is 1. The summed E-state index contributed by atoms with van der Waals surface area (Å²) < 4.78 is 0. The van der Waals surface area contributed by atoms with Crippen LogP contribution in [0.4, 0.5) is 5.69 Å². The Labute approximate surface area is 142 Å². The number of anilines is 1. The number of hydrogen-bond acceptors (Lipinski definition) is 11. The van der Waals surface area contributed by atoms with Crippen molar-refractivity contribution in [1.82, 2.24) is 0 Å². The highest BCUT2D eigenvalue weighted by Crippen LogP contribution is 2.35. The number of rotatable bonds is 9. The normalized spacial score (nSPS) is 9.69. The summed E-state index contributed by atoms with van der Waals surface area (Å²) in [5.74, 6) is -1.04. The van der Waals surface area contributed by atoms with Gasteiger partial charge >= 0.3 is 0 Å². The third kappa shape index (κ3) is 5.08. The molecule has 0 saturated heterocycles. The highest BCUT2D eigenvalue weighted by Gasteiger charge is 2.16. The molecule has 136 valence electrons. The summed E-state index contributed by atoms with van der Waals surface area (Å²) in [5.41, 5.74) is 2.16. The minimum Gasteiger partial charge on any atom is -0.382 e. The molecule has 0 bridgehead atoms. The average Bonchev–Trinajstić information content (AvgIpc) is 2.55. The molecule has 1 N–H and O–H groups in total. The lowest BCUT2D eigenvalue weighted by Gasteiger charge is -2.13. The Morgan fingerprint density at radius 2 is 1.31 bits per heavy atom. The SMILES string of the molecule is O=[N+]([O-])Oc1ccc(ONc2cccc(O[N+](=O)[O-])c2O[N+](=O)[O-])cc1. The standard InChI is InChI=1S/C12H8N4O10/c17-14(18)24-9-6-4-8(5-7-9)23-13-10-2-1-3-11(25-15(19)20)12(10)26-16(21)22/h1-7,13H. The van der Waals surface area contributed by atoms with Crippen molar-refractivity contribution >= 4 is 5.69 Å². The van der Waals surface area contributed by atoms with E-state index in [1.54, 1.807) is 0 Å². The summed E-state index contributed by atoms with van der Waals surface area (Å²) in [6.07, 6.45) is 0. The summed E-state index contributed by atoms with van der Waals surface area (Å²) in [5, 5.41) is 27.9. The molecule has 0 aromatic heterocycles. The van der Waals surface area contributed by atoms with E-state index in [1.165, 1.54) is 36.4 Å². The Bertz CT molecular complexity index is 825. The third-order valence-electron chi connectivity index (χ3n) is 2.60. The monoisotopic (exact) mass is 368 g/mol. The van der Waals surface area contributed by atoms with Crippen molar-refractivity contribution in [2.45, 2.75) is 0 Å². The van der Waals surface area contributed by atoms with E-state index in [1.807, 2.05) is 0 Å². The summed E-state index contributed by atoms with van der Waals surface area (Å²) in [6.45, 7) is 0. The van der Waals surface area contributed by atoms with Crippen molar-refractivity contribution in [2.75, 3.05) is 5.48 Å². The summed E-state index contributed by atoms with van der Waals surface area (Å²) in [6, 6.07) is 8.73. The zero-order chi connectivity index (χ0) is 19.1. The van der Waals surface area contributed by atoms with Gasteiger partial charge in [-0.1, -0.05) is 6.07 Å². The zero-order valence-electron chi connectivity index (χ0n) is 12.5. The predicted octanol–water partition coefficient (Wildman–Crippen LogP) is 1.80. The fourth-order valence-corrected chi connectivity index (χ4v) is 1.69. The molecule has 0 saturated carbocycles. The van der Waals surface area contributed by atoms with Crippen LogP contribution in [-0.2, 0) is 0 Å². The third-order valence-corrected chi connectivity index (χ3v) is 2.60. The molecular formula is C12H8N4O10. The van der Waals surface area contributed by atoms with Crippen LogP contribution in [0.1, 0.15) is 0 Å². The van der Waals surface area contributed by atoms with Gasteiger partial charge in [-0.15, -0.1) is 30.3 Å². The van der Waals surface area contributed by atoms with E-state index in [2.05, 4.69) is 20.0 Å². The van der Waals surface area contributed by atoms with Crippen LogP contribution in [0.15, 0.2) is 42.5 Å². The van der Waals surface area contributed by atoms with Crippen molar-refractivity contribution < 1.29 is 34.6 Å². The van der Waals surface area contributed by atoms with Gasteiger partial charge in [-0.25, -0.2) is 5.48 Å². The Kier molecular flexibility index (Phi) is 5.50. The predicted molar refractivity (Wildman–Crippen MR) is 80.0 cm³/mol. The number of para-hydroxylation sites is 1. The molecule has 0 amide bonds. The van der Waals surface area contributed by atoms with E-state index in [0.717, 1.165) is 6.07 Å². The summed E-state index contributed by atoms with van der Waals surface area (Å²) >= 11 is 0. The van der Waals surface area contributed by atoms with Gasteiger partial charge in [0.1, 0.15) is 11.4 Å². The van der Waals surface area contributed by atoms with Crippen molar-refractivity contribution in [3.05, 3.63) is 72.8 Å². The largest absolute Gasteiger partial charge is 0.382 e. The Balaban J connectivity index is 2.16. The van der Waals surface area contributed by atoms with Gasteiger partial charge < -0.3 is 4.84 Å². The van der Waals surface area contributed by atoms with Gasteiger partial charge in [0.05, 0.1) is 0 Å². The first kappa shape index (κ1) is 18.0. The lowest BCUT2D eigenvalue weighted by molar-refractivity contribution is -0.721. The fourth-order valence-electron chi connectivity index (χ4n) is 1.69. The van der Waals surface area contributed by atoms with Gasteiger partial charge in [0.15, 0.2) is 17.2 Å². The quantitative estimate of drug-likeness (QED) is 0.503. The van der Waals surface area contributed by atoms with Crippen LogP contribution in [0, 0.1) is 30.3 Å². The zero-order valence-corrected chi connectivity index (χ0v) is 12.5. The van der Waals surface area contributed by atoms with Gasteiger partial charge in [-0.2, -0.15) is 0 Å². The van der Waals surface area contributed by atoms with E-state index < -0.39 is 26.8 Å². The first-order chi connectivity index (χ1) is 12.3. The molecule has 14 nitrogen and oxygen atoms in total. The van der Waals surface area contributed by atoms with Gasteiger partial charge in [-0.05, 0) is 36.4 Å². The minimum absolute atomic E-state index is 0.0545. The molecule has 0 heterocycles. The topological polar surface area (TPSA) is 178 Å². The van der Waals surface area contributed by atoms with Crippen molar-refractivity contribution in [3.8, 4) is 23.0 Å². The maximum absolute atomic E-state index is 10.6. The Morgan fingerprint density at radius 3 is 1.88 bits per heavy atom. The number of nitrogens with one attached hydrogen (secondary N) is 1. The summed E-state index contributed by atoms with van der Waals surface area (Å²) in [7, 11) is 0. The van der Waals surface area contributed by atoms with E-state index in [-0.39, 0.29) is 17.2 Å². The number of nitrogens with zero attached hydrogens (tertiary/aromatic N) is 3. The fraction of sp³-hybridized carbons (Fsp3) is 0. The molecule has 2 rings (SSSR count). The van der Waals surface area contributed by atoms with Gasteiger partial charge in [0.2, 0.25) is 0 Å². The molecule has 0 aliphatic heterocycles. The molecule has 0 radical (unpaired) electrons. The minimum atomic E-state index is -1.18. The van der Waals surface area contributed by atoms with Gasteiger partial charge in [0.25, 0.3) is 15.3 Å². The van der Waals surface area contributed by atoms with E-state index in [9.17, 15) is 30.3 Å². The molecule has 0 atom stereocenters. The Hall–Kier alpha value is -4.36. The molecule has 0 fully saturated rings. The van der Waals surface area contributed by atoms with Gasteiger partial charge in [0, 0.05) is 0 Å². The summed E-state index contributed by atoms with van der Waals surface area (Å²) in [4.78, 5) is 49.1. The molecule has 2 aromatic carbocycles. The van der Waals surface area contributed by atoms with Crippen molar-refractivity contribution in [3.63, 3.8) is 0 Å². The molecule has 2 aromatic rings. The van der Waals surface area contributed by atoms with Crippen molar-refractivity contribution in [2.24, 2.45) is 0 Å².